The van der Waals surface area contributed by atoms with E-state index < -0.39 is 0 Å². The van der Waals surface area contributed by atoms with Crippen LogP contribution in [0, 0.1) is 19.3 Å². The molecule has 0 amide bonds. The van der Waals surface area contributed by atoms with Gasteiger partial charge in [-0.15, -0.1) is 0 Å². The molecule has 0 aliphatic carbocycles. The topological polar surface area (TPSA) is 30.5 Å². The Morgan fingerprint density at radius 1 is 0.929 bits per heavy atom. The fraction of sp³-hybridized carbons (Fsp3) is 0.520. The Kier molecular flexibility index (Phi) is 8.69. The maximum Gasteiger partial charge on any atom is 0.122 e. The van der Waals surface area contributed by atoms with E-state index in [-0.39, 0.29) is 5.41 Å². The Hall–Kier alpha value is -2.16. The monoisotopic (exact) mass is 383 g/mol. The van der Waals surface area contributed by atoms with Gasteiger partial charge in [-0.05, 0) is 67.9 Å². The molecular formula is C25H37NO2. The van der Waals surface area contributed by atoms with Crippen LogP contribution in [0.4, 0.5) is 5.69 Å². The van der Waals surface area contributed by atoms with Crippen LogP contribution < -0.4 is 14.8 Å². The molecule has 154 valence electrons. The Morgan fingerprint density at radius 3 is 2.50 bits per heavy atom. The molecular weight excluding hydrogens is 346 g/mol. The average molecular weight is 384 g/mol. The fourth-order valence-corrected chi connectivity index (χ4v) is 3.06. The van der Waals surface area contributed by atoms with Crippen molar-refractivity contribution in [3.63, 3.8) is 0 Å². The van der Waals surface area contributed by atoms with Gasteiger partial charge in [0.2, 0.25) is 0 Å². The largest absolute Gasteiger partial charge is 0.494 e. The van der Waals surface area contributed by atoms with Crippen molar-refractivity contribution in [1.82, 2.24) is 0 Å². The molecule has 0 aromatic heterocycles. The molecule has 3 heteroatoms. The number of ether oxygens (including phenoxy) is 2. The molecule has 0 saturated carbocycles. The molecule has 0 saturated heterocycles. The van der Waals surface area contributed by atoms with Gasteiger partial charge in [-0.1, -0.05) is 45.4 Å². The molecule has 0 spiro atoms. The first-order chi connectivity index (χ1) is 13.4. The number of benzene rings is 2. The highest BCUT2D eigenvalue weighted by Crippen LogP contribution is 2.26. The van der Waals surface area contributed by atoms with Gasteiger partial charge in [-0.3, -0.25) is 0 Å². The van der Waals surface area contributed by atoms with Crippen LogP contribution in [0.15, 0.2) is 42.5 Å². The summed E-state index contributed by atoms with van der Waals surface area (Å²) < 4.78 is 11.8. The second kappa shape index (κ2) is 11.0. The molecule has 0 aliphatic rings. The predicted molar refractivity (Wildman–Crippen MR) is 120 cm³/mol. The summed E-state index contributed by atoms with van der Waals surface area (Å²) in [7, 11) is 0. The van der Waals surface area contributed by atoms with E-state index in [4.69, 9.17) is 9.47 Å². The summed E-state index contributed by atoms with van der Waals surface area (Å²) in [6.45, 7) is 13.5. The van der Waals surface area contributed by atoms with Gasteiger partial charge in [0.1, 0.15) is 11.5 Å². The summed E-state index contributed by atoms with van der Waals surface area (Å²) in [5, 5.41) is 3.57. The SMILES string of the molecule is CCCCOc1cccc(NCC(C)(C)CCCOc2cc(C)ccc2C)c1. The van der Waals surface area contributed by atoms with E-state index in [1.165, 1.54) is 11.1 Å². The molecule has 0 heterocycles. The van der Waals surface area contributed by atoms with Gasteiger partial charge >= 0.3 is 0 Å². The smallest absolute Gasteiger partial charge is 0.122 e. The van der Waals surface area contributed by atoms with Crippen LogP contribution in [0.25, 0.3) is 0 Å². The number of hydrogen-bond donors (Lipinski definition) is 1. The van der Waals surface area contributed by atoms with Crippen LogP contribution in [0.3, 0.4) is 0 Å². The lowest BCUT2D eigenvalue weighted by Crippen LogP contribution is -2.23. The number of hydrogen-bond acceptors (Lipinski definition) is 3. The first-order valence-corrected chi connectivity index (χ1v) is 10.6. The van der Waals surface area contributed by atoms with Crippen molar-refractivity contribution in [2.75, 3.05) is 25.1 Å². The maximum absolute atomic E-state index is 6.00. The van der Waals surface area contributed by atoms with Crippen molar-refractivity contribution in [3.05, 3.63) is 53.6 Å². The molecule has 0 radical (unpaired) electrons. The molecule has 28 heavy (non-hydrogen) atoms. The lowest BCUT2D eigenvalue weighted by Gasteiger charge is -2.26. The number of aryl methyl sites for hydroxylation is 2. The highest BCUT2D eigenvalue weighted by Gasteiger charge is 2.17. The van der Waals surface area contributed by atoms with Crippen LogP contribution in [0.5, 0.6) is 11.5 Å². The number of nitrogens with one attached hydrogen (secondary N) is 1. The summed E-state index contributed by atoms with van der Waals surface area (Å²) in [4.78, 5) is 0. The van der Waals surface area contributed by atoms with Gasteiger partial charge in [0.05, 0.1) is 13.2 Å². The number of unbranched alkanes of at least 4 members (excludes halogenated alkanes) is 1. The van der Waals surface area contributed by atoms with Crippen LogP contribution in [-0.2, 0) is 0 Å². The minimum atomic E-state index is 0.198. The van der Waals surface area contributed by atoms with Crippen molar-refractivity contribution < 1.29 is 9.47 Å². The molecule has 2 aromatic carbocycles. The molecule has 0 aliphatic heterocycles. The van der Waals surface area contributed by atoms with Crippen LogP contribution in [0.2, 0.25) is 0 Å². The maximum atomic E-state index is 6.00. The summed E-state index contributed by atoms with van der Waals surface area (Å²) in [6.07, 6.45) is 4.40. The number of anilines is 1. The van der Waals surface area contributed by atoms with Crippen molar-refractivity contribution in [2.45, 2.75) is 60.3 Å². The second-order valence-corrected chi connectivity index (χ2v) is 8.47. The second-order valence-electron chi connectivity index (χ2n) is 8.47. The first kappa shape index (κ1) is 22.1. The lowest BCUT2D eigenvalue weighted by atomic mass is 9.88. The molecule has 2 rings (SSSR count). The van der Waals surface area contributed by atoms with E-state index in [1.54, 1.807) is 0 Å². The summed E-state index contributed by atoms with van der Waals surface area (Å²) in [5.74, 6) is 1.95. The molecule has 0 bridgehead atoms. The molecule has 2 aromatic rings. The third-order valence-electron chi connectivity index (χ3n) is 4.97. The van der Waals surface area contributed by atoms with E-state index in [2.05, 4.69) is 76.3 Å². The average Bonchev–Trinajstić information content (AvgIpc) is 2.67. The van der Waals surface area contributed by atoms with Crippen molar-refractivity contribution >= 4 is 5.69 Å². The Morgan fingerprint density at radius 2 is 1.71 bits per heavy atom. The Labute approximate surface area is 171 Å². The van der Waals surface area contributed by atoms with E-state index in [9.17, 15) is 0 Å². The minimum absolute atomic E-state index is 0.198. The first-order valence-electron chi connectivity index (χ1n) is 10.6. The zero-order valence-corrected chi connectivity index (χ0v) is 18.3. The van der Waals surface area contributed by atoms with Gasteiger partial charge in [0.15, 0.2) is 0 Å². The van der Waals surface area contributed by atoms with Crippen LogP contribution >= 0.6 is 0 Å². The summed E-state index contributed by atoms with van der Waals surface area (Å²) >= 11 is 0. The van der Waals surface area contributed by atoms with E-state index in [0.29, 0.717) is 0 Å². The number of rotatable bonds is 12. The molecule has 1 N–H and O–H groups in total. The fourth-order valence-electron chi connectivity index (χ4n) is 3.06. The standard InChI is InChI=1S/C25H37NO2/c1-6-7-15-27-23-11-8-10-22(18-23)26-19-25(4,5)14-9-16-28-24-17-20(2)12-13-21(24)3/h8,10-13,17-18,26H,6-7,9,14-16,19H2,1-5H3. The summed E-state index contributed by atoms with van der Waals surface area (Å²) in [6, 6.07) is 14.6. The highest BCUT2D eigenvalue weighted by atomic mass is 16.5. The predicted octanol–water partition coefficient (Wildman–Crippen LogP) is 6.78. The van der Waals surface area contributed by atoms with Gasteiger partial charge in [-0.25, -0.2) is 0 Å². The lowest BCUT2D eigenvalue weighted by molar-refractivity contribution is 0.263. The Balaban J connectivity index is 1.74. The minimum Gasteiger partial charge on any atom is -0.494 e. The third-order valence-corrected chi connectivity index (χ3v) is 4.97. The quantitative estimate of drug-likeness (QED) is 0.410. The summed E-state index contributed by atoms with van der Waals surface area (Å²) in [5.41, 5.74) is 3.76. The Bertz CT molecular complexity index is 724. The van der Waals surface area contributed by atoms with Gasteiger partial charge in [0, 0.05) is 18.3 Å². The molecule has 0 atom stereocenters. The van der Waals surface area contributed by atoms with Crippen molar-refractivity contribution in [2.24, 2.45) is 5.41 Å². The van der Waals surface area contributed by atoms with Gasteiger partial charge < -0.3 is 14.8 Å². The van der Waals surface area contributed by atoms with Gasteiger partial charge in [-0.2, -0.15) is 0 Å². The zero-order chi connectivity index (χ0) is 20.4. The van der Waals surface area contributed by atoms with Crippen molar-refractivity contribution in [3.8, 4) is 11.5 Å². The zero-order valence-electron chi connectivity index (χ0n) is 18.3. The van der Waals surface area contributed by atoms with E-state index in [0.717, 1.165) is 62.6 Å². The van der Waals surface area contributed by atoms with Crippen LogP contribution in [-0.4, -0.2) is 19.8 Å². The molecule has 3 nitrogen and oxygen atoms in total. The van der Waals surface area contributed by atoms with Crippen LogP contribution in [0.1, 0.15) is 57.6 Å². The molecule has 0 unspecified atom stereocenters. The normalized spacial score (nSPS) is 11.3. The van der Waals surface area contributed by atoms with Crippen molar-refractivity contribution in [1.29, 1.82) is 0 Å². The molecule has 0 fully saturated rings. The van der Waals surface area contributed by atoms with Gasteiger partial charge in [0.25, 0.3) is 0 Å². The highest BCUT2D eigenvalue weighted by molar-refractivity contribution is 5.48. The third kappa shape index (κ3) is 7.84. The van der Waals surface area contributed by atoms with E-state index in [1.807, 2.05) is 6.07 Å². The van der Waals surface area contributed by atoms with E-state index >= 15 is 0 Å².